The number of rotatable bonds is 3. The molecular formula is C9H14N4O2. The van der Waals surface area contributed by atoms with Gasteiger partial charge in [-0.15, -0.1) is 5.10 Å². The van der Waals surface area contributed by atoms with Gasteiger partial charge in [0.2, 0.25) is 0 Å². The van der Waals surface area contributed by atoms with E-state index in [1.807, 2.05) is 0 Å². The number of likely N-dealkylation sites (tertiary alicyclic amines) is 1. The highest BCUT2D eigenvalue weighted by Gasteiger charge is 2.21. The quantitative estimate of drug-likeness (QED) is 0.764. The predicted molar refractivity (Wildman–Crippen MR) is 52.6 cm³/mol. The zero-order chi connectivity index (χ0) is 10.8. The van der Waals surface area contributed by atoms with E-state index in [2.05, 4.69) is 22.3 Å². The van der Waals surface area contributed by atoms with Crippen molar-refractivity contribution in [1.82, 2.24) is 19.9 Å². The molecular weight excluding hydrogens is 196 g/mol. The normalized spacial score (nSPS) is 22.1. The van der Waals surface area contributed by atoms with Gasteiger partial charge in [-0.25, -0.2) is 4.79 Å². The molecule has 0 bridgehead atoms. The van der Waals surface area contributed by atoms with Crippen LogP contribution >= 0.6 is 0 Å². The number of nitrogens with zero attached hydrogens (tertiary/aromatic N) is 4. The molecule has 1 atom stereocenters. The first-order valence-corrected chi connectivity index (χ1v) is 5.00. The van der Waals surface area contributed by atoms with E-state index >= 15 is 0 Å². The standard InChI is InChI=1S/C9H14N4O2/c1-12-4-2-3-7(12)5-13-6-8(9(14)15)10-11-13/h6-7H,2-5H2,1H3,(H,14,15)/t7-/m0/s1. The molecule has 1 aliphatic heterocycles. The molecule has 0 aromatic carbocycles. The van der Waals surface area contributed by atoms with Gasteiger partial charge in [0, 0.05) is 6.04 Å². The summed E-state index contributed by atoms with van der Waals surface area (Å²) in [5.74, 6) is -1.03. The van der Waals surface area contributed by atoms with Crippen LogP contribution in [0, 0.1) is 0 Å². The van der Waals surface area contributed by atoms with Gasteiger partial charge in [-0.05, 0) is 26.4 Å². The number of carboxylic acids is 1. The lowest BCUT2D eigenvalue weighted by Gasteiger charge is -2.18. The molecule has 1 aromatic rings. The summed E-state index contributed by atoms with van der Waals surface area (Å²) in [6, 6.07) is 0.452. The largest absolute Gasteiger partial charge is 0.476 e. The van der Waals surface area contributed by atoms with Gasteiger partial charge in [0.25, 0.3) is 0 Å². The molecule has 0 unspecified atom stereocenters. The lowest BCUT2D eigenvalue weighted by Crippen LogP contribution is -2.29. The minimum absolute atomic E-state index is 0.00986. The molecule has 82 valence electrons. The smallest absolute Gasteiger partial charge is 0.358 e. The number of hydrogen-bond acceptors (Lipinski definition) is 4. The van der Waals surface area contributed by atoms with E-state index in [1.165, 1.54) is 12.6 Å². The molecule has 1 N–H and O–H groups in total. The van der Waals surface area contributed by atoms with Crippen LogP contribution in [-0.4, -0.2) is 50.6 Å². The highest BCUT2D eigenvalue weighted by atomic mass is 16.4. The second-order valence-corrected chi connectivity index (χ2v) is 3.91. The molecule has 15 heavy (non-hydrogen) atoms. The second kappa shape index (κ2) is 3.98. The van der Waals surface area contributed by atoms with Crippen LogP contribution in [0.25, 0.3) is 0 Å². The Morgan fingerprint density at radius 3 is 3.07 bits per heavy atom. The van der Waals surface area contributed by atoms with E-state index < -0.39 is 5.97 Å². The Labute approximate surface area is 87.5 Å². The second-order valence-electron chi connectivity index (χ2n) is 3.91. The van der Waals surface area contributed by atoms with Gasteiger partial charge >= 0.3 is 5.97 Å². The van der Waals surface area contributed by atoms with Crippen molar-refractivity contribution in [3.63, 3.8) is 0 Å². The van der Waals surface area contributed by atoms with Crippen molar-refractivity contribution in [3.8, 4) is 0 Å². The fraction of sp³-hybridized carbons (Fsp3) is 0.667. The maximum Gasteiger partial charge on any atom is 0.358 e. The van der Waals surface area contributed by atoms with E-state index in [0.717, 1.165) is 19.5 Å². The van der Waals surface area contributed by atoms with E-state index in [4.69, 9.17) is 5.11 Å². The van der Waals surface area contributed by atoms with E-state index in [9.17, 15) is 4.79 Å². The van der Waals surface area contributed by atoms with Crippen LogP contribution in [0.5, 0.6) is 0 Å². The summed E-state index contributed by atoms with van der Waals surface area (Å²) >= 11 is 0. The van der Waals surface area contributed by atoms with Crippen LogP contribution in [-0.2, 0) is 6.54 Å². The summed E-state index contributed by atoms with van der Waals surface area (Å²) in [6.07, 6.45) is 3.81. The van der Waals surface area contributed by atoms with Crippen LogP contribution in [0.4, 0.5) is 0 Å². The average molecular weight is 210 g/mol. The van der Waals surface area contributed by atoms with Gasteiger partial charge in [-0.3, -0.25) is 4.68 Å². The van der Waals surface area contributed by atoms with Gasteiger partial charge in [0.05, 0.1) is 12.7 Å². The lowest BCUT2D eigenvalue weighted by atomic mass is 10.2. The van der Waals surface area contributed by atoms with Crippen LogP contribution < -0.4 is 0 Å². The monoisotopic (exact) mass is 210 g/mol. The van der Waals surface area contributed by atoms with E-state index in [0.29, 0.717) is 6.04 Å². The first-order chi connectivity index (χ1) is 7.16. The Kier molecular flexibility index (Phi) is 2.68. The molecule has 6 heteroatoms. The van der Waals surface area contributed by atoms with Crippen LogP contribution in [0.3, 0.4) is 0 Å². The van der Waals surface area contributed by atoms with E-state index in [1.54, 1.807) is 4.68 Å². The molecule has 0 radical (unpaired) electrons. The SMILES string of the molecule is CN1CCC[C@H]1Cn1cc(C(=O)O)nn1. The highest BCUT2D eigenvalue weighted by Crippen LogP contribution is 2.15. The van der Waals surface area contributed by atoms with Gasteiger partial charge < -0.3 is 10.0 Å². The number of hydrogen-bond donors (Lipinski definition) is 1. The summed E-state index contributed by atoms with van der Waals surface area (Å²) in [4.78, 5) is 12.9. The summed E-state index contributed by atoms with van der Waals surface area (Å²) < 4.78 is 1.61. The third-order valence-corrected chi connectivity index (χ3v) is 2.83. The minimum Gasteiger partial charge on any atom is -0.476 e. The molecule has 1 aliphatic rings. The van der Waals surface area contributed by atoms with Crippen molar-refractivity contribution in [2.24, 2.45) is 0 Å². The molecule has 2 rings (SSSR count). The first kappa shape index (κ1) is 10.1. The summed E-state index contributed by atoms with van der Waals surface area (Å²) in [6.45, 7) is 1.82. The van der Waals surface area contributed by atoms with Gasteiger partial charge in [-0.2, -0.15) is 0 Å². The number of likely N-dealkylation sites (N-methyl/N-ethyl adjacent to an activating group) is 1. The number of carboxylic acid groups (broad SMARTS) is 1. The molecule has 0 aliphatic carbocycles. The molecule has 1 aromatic heterocycles. The number of aromatic carboxylic acids is 1. The lowest BCUT2D eigenvalue weighted by molar-refractivity contribution is 0.0690. The molecule has 1 fully saturated rings. The van der Waals surface area contributed by atoms with Crippen molar-refractivity contribution in [3.05, 3.63) is 11.9 Å². The topological polar surface area (TPSA) is 71.2 Å². The Morgan fingerprint density at radius 2 is 2.53 bits per heavy atom. The van der Waals surface area contributed by atoms with Crippen LogP contribution in [0.15, 0.2) is 6.20 Å². The number of carbonyl (C=O) groups is 1. The highest BCUT2D eigenvalue weighted by molar-refractivity contribution is 5.84. The maximum atomic E-state index is 10.6. The zero-order valence-corrected chi connectivity index (χ0v) is 8.63. The van der Waals surface area contributed by atoms with Crippen LogP contribution in [0.1, 0.15) is 23.3 Å². The summed E-state index contributed by atoms with van der Waals surface area (Å²) in [5, 5.41) is 16.1. The van der Waals surface area contributed by atoms with Crippen molar-refractivity contribution >= 4 is 5.97 Å². The molecule has 0 spiro atoms. The van der Waals surface area contributed by atoms with Crippen molar-refractivity contribution in [2.75, 3.05) is 13.6 Å². The predicted octanol–water partition coefficient (Wildman–Crippen LogP) is 0.0705. The average Bonchev–Trinajstić information content (AvgIpc) is 2.77. The molecule has 1 saturated heterocycles. The Hall–Kier alpha value is -1.43. The van der Waals surface area contributed by atoms with Crippen molar-refractivity contribution in [2.45, 2.75) is 25.4 Å². The molecule has 0 amide bonds. The number of aromatic nitrogens is 3. The Morgan fingerprint density at radius 1 is 1.73 bits per heavy atom. The van der Waals surface area contributed by atoms with Crippen molar-refractivity contribution < 1.29 is 9.90 Å². The zero-order valence-electron chi connectivity index (χ0n) is 8.63. The maximum absolute atomic E-state index is 10.6. The van der Waals surface area contributed by atoms with E-state index in [-0.39, 0.29) is 5.69 Å². The first-order valence-electron chi connectivity index (χ1n) is 5.00. The van der Waals surface area contributed by atoms with Crippen LogP contribution in [0.2, 0.25) is 0 Å². The summed E-state index contributed by atoms with van der Waals surface area (Å²) in [7, 11) is 2.08. The summed E-state index contributed by atoms with van der Waals surface area (Å²) in [5.41, 5.74) is 0.00986. The van der Waals surface area contributed by atoms with Gasteiger partial charge in [-0.1, -0.05) is 5.21 Å². The van der Waals surface area contributed by atoms with Gasteiger partial charge in [0.15, 0.2) is 5.69 Å². The Balaban J connectivity index is 2.01. The van der Waals surface area contributed by atoms with Crippen molar-refractivity contribution in [1.29, 1.82) is 0 Å². The molecule has 2 heterocycles. The fourth-order valence-electron chi connectivity index (χ4n) is 1.91. The molecule has 0 saturated carbocycles. The van der Waals surface area contributed by atoms with Gasteiger partial charge in [0.1, 0.15) is 0 Å². The molecule has 6 nitrogen and oxygen atoms in total. The third kappa shape index (κ3) is 2.15. The fourth-order valence-corrected chi connectivity index (χ4v) is 1.91. The Bertz CT molecular complexity index is 363. The minimum atomic E-state index is -1.03. The third-order valence-electron chi connectivity index (χ3n) is 2.83.